The summed E-state index contributed by atoms with van der Waals surface area (Å²) < 4.78 is 53.0. The van der Waals surface area contributed by atoms with Gasteiger partial charge in [-0.1, -0.05) is 31.4 Å². The van der Waals surface area contributed by atoms with E-state index in [0.29, 0.717) is 5.75 Å². The van der Waals surface area contributed by atoms with E-state index in [-0.39, 0.29) is 25.8 Å². The predicted octanol–water partition coefficient (Wildman–Crippen LogP) is 5.76. The van der Waals surface area contributed by atoms with Crippen molar-refractivity contribution in [3.63, 3.8) is 0 Å². The number of unbranched alkanes of at least 4 members (excludes halogenated alkanes) is 5. The molecular weight excluding hydrogens is 591 g/mol. The van der Waals surface area contributed by atoms with Gasteiger partial charge in [0.25, 0.3) is 0 Å². The molecule has 0 N–H and O–H groups in total. The van der Waals surface area contributed by atoms with Crippen LogP contribution < -0.4 is 4.74 Å². The summed E-state index contributed by atoms with van der Waals surface area (Å²) in [7, 11) is -3.51. The number of rotatable bonds is 19. The average molecular weight is 639 g/mol. The van der Waals surface area contributed by atoms with Crippen molar-refractivity contribution in [2.45, 2.75) is 117 Å². The number of hydrogen-bond donors (Lipinski definition) is 0. The van der Waals surface area contributed by atoms with Crippen LogP contribution in [-0.4, -0.2) is 68.0 Å². The number of aryl methyl sites for hydroxylation is 1. The molecule has 1 aliphatic heterocycles. The highest BCUT2D eigenvalue weighted by Crippen LogP contribution is 2.49. The Morgan fingerprint density at radius 3 is 1.93 bits per heavy atom. The Labute approximate surface area is 261 Å². The first-order valence-corrected chi connectivity index (χ1v) is 17.0. The topological polar surface area (TPSA) is 133 Å². The Hall–Kier alpha value is -2.90. The van der Waals surface area contributed by atoms with E-state index in [0.717, 1.165) is 50.5 Å². The third kappa shape index (κ3) is 13.0. The maximum absolute atomic E-state index is 13.2. The number of esters is 3. The molecule has 0 aromatic heterocycles. The van der Waals surface area contributed by atoms with Gasteiger partial charge in [0.1, 0.15) is 11.9 Å². The highest BCUT2D eigenvalue weighted by Gasteiger charge is 2.53. The third-order valence-corrected chi connectivity index (χ3v) is 8.91. The van der Waals surface area contributed by atoms with Gasteiger partial charge >= 0.3 is 25.5 Å². The van der Waals surface area contributed by atoms with Crippen LogP contribution in [0.5, 0.6) is 5.75 Å². The van der Waals surface area contributed by atoms with Crippen LogP contribution in [0.15, 0.2) is 24.3 Å². The zero-order chi connectivity index (χ0) is 32.5. The van der Waals surface area contributed by atoms with E-state index >= 15 is 0 Å². The van der Waals surface area contributed by atoms with Crippen LogP contribution in [-0.2, 0) is 53.4 Å². The summed E-state index contributed by atoms with van der Waals surface area (Å²) in [5.41, 5.74) is 1.13. The van der Waals surface area contributed by atoms with Gasteiger partial charge in [-0.2, -0.15) is 0 Å². The highest BCUT2D eigenvalue weighted by molar-refractivity contribution is 7.53. The van der Waals surface area contributed by atoms with Gasteiger partial charge < -0.3 is 32.7 Å². The minimum Gasteiger partial charge on any atom is -0.461 e. The van der Waals surface area contributed by atoms with Crippen molar-refractivity contribution in [3.8, 4) is 18.1 Å². The van der Waals surface area contributed by atoms with Crippen LogP contribution in [0.3, 0.4) is 0 Å². The van der Waals surface area contributed by atoms with Crippen LogP contribution in [0.25, 0.3) is 0 Å². The first kappa shape index (κ1) is 37.3. The van der Waals surface area contributed by atoms with Crippen molar-refractivity contribution in [2.24, 2.45) is 0 Å². The van der Waals surface area contributed by atoms with Gasteiger partial charge in [-0.05, 0) is 57.2 Å². The molecule has 44 heavy (non-hydrogen) atoms. The average Bonchev–Trinajstić information content (AvgIpc) is 2.95. The standard InChI is InChI=1S/C32H47O11P/c1-7-10-11-12-13-14-15-16-26-17-19-27(20-18-26)42-32-31(41-25(6)35)30(40-24(5)34)29(39-23(4)33)28(43-32)21-22-44(36,37-8-2)38-9-3/h1,17-20,28-32H,8-16,21-22H2,2-6H3/t28-,29-,30+,31+,32+/m1/s1. The Balaban J connectivity index is 2.27. The molecule has 2 rings (SSSR count). The molecule has 0 bridgehead atoms. The molecule has 0 amide bonds. The number of hydrogen-bond acceptors (Lipinski definition) is 11. The second-order valence-electron chi connectivity index (χ2n) is 10.5. The molecule has 1 aromatic rings. The minimum absolute atomic E-state index is 0.0291. The maximum atomic E-state index is 13.2. The maximum Gasteiger partial charge on any atom is 0.330 e. The fourth-order valence-electron chi connectivity index (χ4n) is 4.98. The van der Waals surface area contributed by atoms with Gasteiger partial charge in [-0.25, -0.2) is 0 Å². The number of benzene rings is 1. The van der Waals surface area contributed by atoms with Gasteiger partial charge in [0.05, 0.1) is 19.4 Å². The lowest BCUT2D eigenvalue weighted by atomic mass is 9.96. The summed E-state index contributed by atoms with van der Waals surface area (Å²) in [6, 6.07) is 7.45. The van der Waals surface area contributed by atoms with Crippen LogP contribution in [0, 0.1) is 12.3 Å². The van der Waals surface area contributed by atoms with E-state index in [2.05, 4.69) is 5.92 Å². The fourth-order valence-corrected chi connectivity index (χ4v) is 6.67. The molecule has 12 heteroatoms. The summed E-state index contributed by atoms with van der Waals surface area (Å²) in [4.78, 5) is 36.4. The van der Waals surface area contributed by atoms with E-state index in [1.165, 1.54) is 20.8 Å². The zero-order valence-corrected chi connectivity index (χ0v) is 27.4. The number of carbonyl (C=O) groups excluding carboxylic acids is 3. The minimum atomic E-state index is -3.51. The quantitative estimate of drug-likeness (QED) is 0.0602. The smallest absolute Gasteiger partial charge is 0.330 e. The SMILES string of the molecule is C#CCCCCCCCc1ccc(O[C@H]2O[C@H](CCP(=O)(OCC)OCC)[C@@H](OC(C)=O)[C@H](OC(C)=O)[C@@H]2OC(C)=O)cc1. The molecular formula is C32H47O11P. The monoisotopic (exact) mass is 638 g/mol. The van der Waals surface area contributed by atoms with Crippen molar-refractivity contribution in [1.82, 2.24) is 0 Å². The van der Waals surface area contributed by atoms with Crippen LogP contribution in [0.4, 0.5) is 0 Å². The van der Waals surface area contributed by atoms with Crippen LogP contribution in [0.2, 0.25) is 0 Å². The van der Waals surface area contributed by atoms with E-state index in [9.17, 15) is 18.9 Å². The Morgan fingerprint density at radius 1 is 0.818 bits per heavy atom. The van der Waals surface area contributed by atoms with Crippen LogP contribution >= 0.6 is 7.60 Å². The molecule has 5 atom stereocenters. The van der Waals surface area contributed by atoms with E-state index < -0.39 is 56.2 Å². The number of carbonyl (C=O) groups is 3. The second kappa shape index (κ2) is 19.5. The predicted molar refractivity (Wildman–Crippen MR) is 163 cm³/mol. The molecule has 246 valence electrons. The van der Waals surface area contributed by atoms with Gasteiger partial charge in [0, 0.05) is 27.2 Å². The molecule has 1 heterocycles. The van der Waals surface area contributed by atoms with Gasteiger partial charge in [-0.3, -0.25) is 18.9 Å². The van der Waals surface area contributed by atoms with E-state index in [1.807, 2.05) is 12.1 Å². The molecule has 0 aliphatic carbocycles. The molecule has 1 fully saturated rings. The molecule has 11 nitrogen and oxygen atoms in total. The number of terminal acetylenes is 1. The van der Waals surface area contributed by atoms with Crippen molar-refractivity contribution in [2.75, 3.05) is 19.4 Å². The van der Waals surface area contributed by atoms with Gasteiger partial charge in [-0.15, -0.1) is 12.3 Å². The lowest BCUT2D eigenvalue weighted by Gasteiger charge is -2.44. The van der Waals surface area contributed by atoms with Gasteiger partial charge in [0.2, 0.25) is 12.4 Å². The Kier molecular flexibility index (Phi) is 16.5. The fraction of sp³-hybridized carbons (Fsp3) is 0.656. The molecule has 1 aliphatic rings. The van der Waals surface area contributed by atoms with Crippen molar-refractivity contribution >= 4 is 25.5 Å². The lowest BCUT2D eigenvalue weighted by Crippen LogP contribution is -2.62. The summed E-state index contributed by atoms with van der Waals surface area (Å²) in [5.74, 6) is 1.03. The normalized spacial score (nSPS) is 21.6. The molecule has 0 unspecified atom stereocenters. The summed E-state index contributed by atoms with van der Waals surface area (Å²) in [5, 5.41) is 0. The summed E-state index contributed by atoms with van der Waals surface area (Å²) in [6.07, 6.45) is 6.48. The Morgan fingerprint density at radius 2 is 1.36 bits per heavy atom. The molecule has 1 saturated heterocycles. The second-order valence-corrected chi connectivity index (χ2v) is 12.6. The molecule has 0 spiro atoms. The molecule has 1 aromatic carbocycles. The van der Waals surface area contributed by atoms with Crippen molar-refractivity contribution in [1.29, 1.82) is 0 Å². The molecule has 0 radical (unpaired) electrons. The van der Waals surface area contributed by atoms with E-state index in [1.54, 1.807) is 26.0 Å². The summed E-state index contributed by atoms with van der Waals surface area (Å²) >= 11 is 0. The Bertz CT molecular complexity index is 1120. The van der Waals surface area contributed by atoms with E-state index in [4.69, 9.17) is 39.2 Å². The number of ether oxygens (including phenoxy) is 5. The summed E-state index contributed by atoms with van der Waals surface area (Å²) in [6.45, 7) is 7.29. The first-order chi connectivity index (χ1) is 21.0. The lowest BCUT2D eigenvalue weighted by molar-refractivity contribution is -0.283. The largest absolute Gasteiger partial charge is 0.461 e. The first-order valence-electron chi connectivity index (χ1n) is 15.3. The molecule has 0 saturated carbocycles. The zero-order valence-electron chi connectivity index (χ0n) is 26.5. The van der Waals surface area contributed by atoms with Gasteiger partial charge in [0.15, 0.2) is 12.2 Å². The highest BCUT2D eigenvalue weighted by atomic mass is 31.2. The van der Waals surface area contributed by atoms with Crippen LogP contribution in [0.1, 0.15) is 85.1 Å². The third-order valence-electron chi connectivity index (χ3n) is 6.80. The van der Waals surface area contributed by atoms with Crippen molar-refractivity contribution in [3.05, 3.63) is 29.8 Å². The van der Waals surface area contributed by atoms with Crippen molar-refractivity contribution < 1.29 is 51.7 Å².